The Bertz CT molecular complexity index is 851. The number of carbonyl (C=O) groups is 2. The van der Waals surface area contributed by atoms with E-state index in [1.54, 1.807) is 16.8 Å². The van der Waals surface area contributed by atoms with E-state index in [2.05, 4.69) is 5.10 Å². The molecule has 1 unspecified atom stereocenters. The predicted molar refractivity (Wildman–Crippen MR) is 95.8 cm³/mol. The number of amides is 1. The molecule has 1 amide bonds. The molecule has 1 saturated heterocycles. The van der Waals surface area contributed by atoms with Gasteiger partial charge in [-0.05, 0) is 31.5 Å². The molecule has 1 aromatic heterocycles. The average molecular weight is 378 g/mol. The van der Waals surface area contributed by atoms with Gasteiger partial charge < -0.3 is 14.7 Å². The zero-order chi connectivity index (χ0) is 18.9. The molecule has 2 heterocycles. The Hall–Kier alpha value is -2.38. The van der Waals surface area contributed by atoms with E-state index in [0.717, 1.165) is 5.69 Å². The van der Waals surface area contributed by atoms with E-state index in [-0.39, 0.29) is 24.8 Å². The molecule has 1 atom stereocenters. The van der Waals surface area contributed by atoms with Gasteiger partial charge in [-0.1, -0.05) is 23.7 Å². The minimum Gasteiger partial charge on any atom is -0.481 e. The van der Waals surface area contributed by atoms with E-state index >= 15 is 0 Å². The number of aliphatic carboxylic acids is 1. The van der Waals surface area contributed by atoms with E-state index in [4.69, 9.17) is 16.3 Å². The first-order valence-corrected chi connectivity index (χ1v) is 8.59. The van der Waals surface area contributed by atoms with E-state index in [1.807, 2.05) is 25.1 Å². The second-order valence-electron chi connectivity index (χ2n) is 6.53. The molecule has 1 fully saturated rings. The molecule has 26 heavy (non-hydrogen) atoms. The van der Waals surface area contributed by atoms with E-state index in [9.17, 15) is 14.7 Å². The zero-order valence-corrected chi connectivity index (χ0v) is 15.4. The van der Waals surface area contributed by atoms with Crippen LogP contribution in [0.25, 0.3) is 5.69 Å². The van der Waals surface area contributed by atoms with Crippen molar-refractivity contribution in [1.82, 2.24) is 14.7 Å². The zero-order valence-electron chi connectivity index (χ0n) is 14.6. The summed E-state index contributed by atoms with van der Waals surface area (Å²) in [4.78, 5) is 26.0. The number of rotatable bonds is 5. The highest BCUT2D eigenvalue weighted by Crippen LogP contribution is 2.32. The maximum absolute atomic E-state index is 12.8. The number of aryl methyl sites for hydroxylation is 1. The molecular weight excluding hydrogens is 358 g/mol. The number of hydrogen-bond donors (Lipinski definition) is 1. The third kappa shape index (κ3) is 3.20. The van der Waals surface area contributed by atoms with E-state index in [1.165, 1.54) is 12.0 Å². The maximum Gasteiger partial charge on any atom is 0.313 e. The number of hydrogen-bond acceptors (Lipinski definition) is 4. The molecule has 8 heteroatoms. The van der Waals surface area contributed by atoms with Crippen molar-refractivity contribution in [1.29, 1.82) is 0 Å². The summed E-state index contributed by atoms with van der Waals surface area (Å²) in [7, 11) is 1.46. The summed E-state index contributed by atoms with van der Waals surface area (Å²) < 4.78 is 6.68. The highest BCUT2D eigenvalue weighted by atomic mass is 35.5. The molecule has 0 aliphatic carbocycles. The van der Waals surface area contributed by atoms with Crippen LogP contribution in [0, 0.1) is 12.3 Å². The summed E-state index contributed by atoms with van der Waals surface area (Å²) >= 11 is 6.22. The molecule has 0 spiro atoms. The van der Waals surface area contributed by atoms with Crippen LogP contribution in [-0.4, -0.2) is 58.5 Å². The van der Waals surface area contributed by atoms with Crippen LogP contribution in [-0.2, 0) is 9.53 Å². The number of ether oxygens (including phenoxy) is 1. The molecule has 7 nitrogen and oxygen atoms in total. The van der Waals surface area contributed by atoms with Crippen LogP contribution in [0.15, 0.2) is 30.3 Å². The smallest absolute Gasteiger partial charge is 0.313 e. The van der Waals surface area contributed by atoms with Gasteiger partial charge in [-0.25, -0.2) is 4.68 Å². The van der Waals surface area contributed by atoms with Crippen LogP contribution in [0.4, 0.5) is 0 Å². The molecule has 2 aromatic rings. The largest absolute Gasteiger partial charge is 0.481 e. The Morgan fingerprint density at radius 2 is 2.12 bits per heavy atom. The van der Waals surface area contributed by atoms with E-state index in [0.29, 0.717) is 23.7 Å². The molecule has 0 saturated carbocycles. The Balaban J connectivity index is 1.85. The first-order valence-electron chi connectivity index (χ1n) is 8.21. The van der Waals surface area contributed by atoms with Gasteiger partial charge in [0.2, 0.25) is 0 Å². The van der Waals surface area contributed by atoms with Gasteiger partial charge in [0.15, 0.2) is 5.69 Å². The lowest BCUT2D eigenvalue weighted by Gasteiger charge is -2.23. The van der Waals surface area contributed by atoms with Gasteiger partial charge in [0.25, 0.3) is 5.91 Å². The molecule has 1 aliphatic rings. The van der Waals surface area contributed by atoms with Crippen molar-refractivity contribution in [3.8, 4) is 5.69 Å². The summed E-state index contributed by atoms with van der Waals surface area (Å²) in [5.41, 5.74) is 0.652. The lowest BCUT2D eigenvalue weighted by Crippen LogP contribution is -2.40. The number of halogens is 1. The van der Waals surface area contributed by atoms with Crippen molar-refractivity contribution in [2.24, 2.45) is 5.41 Å². The summed E-state index contributed by atoms with van der Waals surface area (Å²) in [6, 6.07) is 8.92. The van der Waals surface area contributed by atoms with E-state index < -0.39 is 11.4 Å². The van der Waals surface area contributed by atoms with Gasteiger partial charge in [-0.15, -0.1) is 0 Å². The molecule has 1 aliphatic heterocycles. The number of carboxylic acid groups (broad SMARTS) is 1. The lowest BCUT2D eigenvalue weighted by atomic mass is 9.88. The quantitative estimate of drug-likeness (QED) is 0.864. The van der Waals surface area contributed by atoms with Crippen molar-refractivity contribution < 1.29 is 19.4 Å². The summed E-state index contributed by atoms with van der Waals surface area (Å²) in [5.74, 6) is -1.24. The van der Waals surface area contributed by atoms with Crippen molar-refractivity contribution in [2.75, 3.05) is 26.8 Å². The first kappa shape index (κ1) is 18.4. The number of benzene rings is 1. The highest BCUT2D eigenvalue weighted by Gasteiger charge is 2.46. The summed E-state index contributed by atoms with van der Waals surface area (Å²) in [6.07, 6.45) is 0.353. The number of likely N-dealkylation sites (tertiary alicyclic amines) is 1. The molecule has 0 bridgehead atoms. The van der Waals surface area contributed by atoms with Crippen molar-refractivity contribution >= 4 is 23.5 Å². The second-order valence-corrected chi connectivity index (χ2v) is 6.94. The lowest BCUT2D eigenvalue weighted by molar-refractivity contribution is -0.151. The third-order valence-electron chi connectivity index (χ3n) is 4.70. The Labute approximate surface area is 156 Å². The molecule has 1 N–H and O–H groups in total. The normalized spacial score (nSPS) is 19.7. The molecule has 138 valence electrons. The fourth-order valence-corrected chi connectivity index (χ4v) is 3.50. The highest BCUT2D eigenvalue weighted by molar-refractivity contribution is 6.32. The van der Waals surface area contributed by atoms with Gasteiger partial charge in [-0.3, -0.25) is 9.59 Å². The van der Waals surface area contributed by atoms with Gasteiger partial charge in [0, 0.05) is 25.9 Å². The summed E-state index contributed by atoms with van der Waals surface area (Å²) in [6.45, 7) is 2.36. The Kier molecular flexibility index (Phi) is 5.02. The topological polar surface area (TPSA) is 84.7 Å². The van der Waals surface area contributed by atoms with Crippen LogP contribution in [0.2, 0.25) is 5.02 Å². The molecule has 1 aromatic carbocycles. The van der Waals surface area contributed by atoms with Crippen molar-refractivity contribution in [3.63, 3.8) is 0 Å². The van der Waals surface area contributed by atoms with Crippen LogP contribution < -0.4 is 0 Å². The molecular formula is C18H20ClN3O4. The van der Waals surface area contributed by atoms with Crippen LogP contribution in [0.1, 0.15) is 22.6 Å². The summed E-state index contributed by atoms with van der Waals surface area (Å²) in [5, 5.41) is 14.5. The fourth-order valence-electron chi connectivity index (χ4n) is 3.28. The number of para-hydroxylation sites is 1. The van der Waals surface area contributed by atoms with Gasteiger partial charge >= 0.3 is 5.97 Å². The number of carbonyl (C=O) groups excluding carboxylic acids is 1. The van der Waals surface area contributed by atoms with Gasteiger partial charge in [-0.2, -0.15) is 5.10 Å². The van der Waals surface area contributed by atoms with Gasteiger partial charge in [0.1, 0.15) is 5.41 Å². The predicted octanol–water partition coefficient (Wildman–Crippen LogP) is 2.40. The average Bonchev–Trinajstić information content (AvgIpc) is 3.20. The number of carboxylic acids is 1. The Morgan fingerprint density at radius 3 is 2.77 bits per heavy atom. The minimum atomic E-state index is -1.06. The van der Waals surface area contributed by atoms with Gasteiger partial charge in [0.05, 0.1) is 17.3 Å². The number of nitrogens with zero attached hydrogens (tertiary/aromatic N) is 3. The third-order valence-corrected chi connectivity index (χ3v) is 5.02. The van der Waals surface area contributed by atoms with Crippen molar-refractivity contribution in [3.05, 3.63) is 46.7 Å². The fraction of sp³-hybridized carbons (Fsp3) is 0.389. The molecule has 3 rings (SSSR count). The Morgan fingerprint density at radius 1 is 1.38 bits per heavy atom. The van der Waals surface area contributed by atoms with Crippen LogP contribution in [0.5, 0.6) is 0 Å². The monoisotopic (exact) mass is 377 g/mol. The maximum atomic E-state index is 12.8. The number of methoxy groups -OCH3 is 1. The van der Waals surface area contributed by atoms with Crippen LogP contribution >= 0.6 is 11.6 Å². The number of aromatic nitrogens is 2. The van der Waals surface area contributed by atoms with Crippen LogP contribution in [0.3, 0.4) is 0 Å². The molecule has 0 radical (unpaired) electrons. The van der Waals surface area contributed by atoms with Crippen molar-refractivity contribution in [2.45, 2.75) is 13.3 Å². The SMILES string of the molecule is COCC1(C(=O)O)CCN(C(=O)c2cc(C)n(-c3ccccc3Cl)n2)C1. The standard InChI is InChI=1S/C18H20ClN3O4/c1-12-9-14(20-22(12)15-6-4-3-5-13(15)19)16(23)21-8-7-18(10-21,11-26-2)17(24)25/h3-6,9H,7-8,10-11H2,1-2H3,(H,24,25). The second kappa shape index (κ2) is 7.09. The first-order chi connectivity index (χ1) is 12.4. The minimum absolute atomic E-state index is 0.0687.